The monoisotopic (exact) mass is 407 g/mol. The lowest BCUT2D eigenvalue weighted by Gasteiger charge is -2.39. The van der Waals surface area contributed by atoms with Crippen molar-refractivity contribution in [2.75, 3.05) is 37.6 Å². The maximum atomic E-state index is 13.2. The van der Waals surface area contributed by atoms with Crippen molar-refractivity contribution in [3.8, 4) is 0 Å². The first-order chi connectivity index (χ1) is 14.6. The van der Waals surface area contributed by atoms with Crippen molar-refractivity contribution in [2.45, 2.75) is 13.0 Å². The number of furan rings is 1. The molecular weight excluding hydrogens is 381 g/mol. The number of aryl methyl sites for hydroxylation is 1. The second kappa shape index (κ2) is 9.13. The number of halogens is 1. The number of carbonyl (C=O) groups is 1. The summed E-state index contributed by atoms with van der Waals surface area (Å²) in [4.78, 5) is 17.2. The molecule has 1 N–H and O–H groups in total. The van der Waals surface area contributed by atoms with Crippen molar-refractivity contribution >= 4 is 11.6 Å². The molecule has 1 fully saturated rings. The summed E-state index contributed by atoms with van der Waals surface area (Å²) in [6.07, 6.45) is 1.67. The quantitative estimate of drug-likeness (QED) is 0.671. The van der Waals surface area contributed by atoms with Crippen LogP contribution in [0.5, 0.6) is 0 Å². The molecule has 4 rings (SSSR count). The van der Waals surface area contributed by atoms with E-state index in [1.165, 1.54) is 12.1 Å². The van der Waals surface area contributed by atoms with Gasteiger partial charge in [0.1, 0.15) is 11.6 Å². The topological polar surface area (TPSA) is 48.7 Å². The standard InChI is InChI=1S/C24H26FN3O2/c1-18-4-2-5-19(16-18)24(29)26-17-22(23-6-3-15-30-23)28-13-11-27(12-14-28)21-9-7-20(25)8-10-21/h2-10,15-16,22H,11-14,17H2,1H3,(H,26,29). The number of rotatable bonds is 6. The van der Waals surface area contributed by atoms with Gasteiger partial charge >= 0.3 is 0 Å². The van der Waals surface area contributed by atoms with Crippen molar-refractivity contribution in [2.24, 2.45) is 0 Å². The molecule has 5 nitrogen and oxygen atoms in total. The zero-order valence-corrected chi connectivity index (χ0v) is 17.1. The predicted octanol–water partition coefficient (Wildman–Crippen LogP) is 4.02. The number of anilines is 1. The second-order valence-electron chi connectivity index (χ2n) is 7.61. The molecule has 1 aliphatic rings. The van der Waals surface area contributed by atoms with Gasteiger partial charge in [-0.2, -0.15) is 0 Å². The van der Waals surface area contributed by atoms with Crippen LogP contribution in [0, 0.1) is 12.7 Å². The number of hydrogen-bond acceptors (Lipinski definition) is 4. The molecule has 30 heavy (non-hydrogen) atoms. The van der Waals surface area contributed by atoms with Crippen molar-refractivity contribution in [3.05, 3.63) is 89.6 Å². The molecule has 1 saturated heterocycles. The molecule has 0 spiro atoms. The summed E-state index contributed by atoms with van der Waals surface area (Å²) < 4.78 is 18.9. The first kappa shape index (κ1) is 20.2. The molecule has 1 atom stereocenters. The molecular formula is C24H26FN3O2. The van der Waals surface area contributed by atoms with Gasteiger partial charge < -0.3 is 14.6 Å². The Labute approximate surface area is 176 Å². The summed E-state index contributed by atoms with van der Waals surface area (Å²) in [5.41, 5.74) is 2.75. The fourth-order valence-electron chi connectivity index (χ4n) is 3.91. The van der Waals surface area contributed by atoms with E-state index < -0.39 is 0 Å². The molecule has 2 aromatic carbocycles. The first-order valence-corrected chi connectivity index (χ1v) is 10.2. The van der Waals surface area contributed by atoms with Crippen molar-refractivity contribution in [1.82, 2.24) is 10.2 Å². The molecule has 0 radical (unpaired) electrons. The highest BCUT2D eigenvalue weighted by Gasteiger charge is 2.27. The Morgan fingerprint density at radius 3 is 2.50 bits per heavy atom. The van der Waals surface area contributed by atoms with Crippen LogP contribution in [0.15, 0.2) is 71.3 Å². The van der Waals surface area contributed by atoms with E-state index in [1.807, 2.05) is 55.5 Å². The van der Waals surface area contributed by atoms with Crippen molar-refractivity contribution in [3.63, 3.8) is 0 Å². The molecule has 0 saturated carbocycles. The number of nitrogens with one attached hydrogen (secondary N) is 1. The largest absolute Gasteiger partial charge is 0.468 e. The van der Waals surface area contributed by atoms with Gasteiger partial charge in [0.2, 0.25) is 0 Å². The van der Waals surface area contributed by atoms with E-state index in [0.29, 0.717) is 12.1 Å². The molecule has 2 heterocycles. The van der Waals surface area contributed by atoms with E-state index in [9.17, 15) is 9.18 Å². The smallest absolute Gasteiger partial charge is 0.251 e. The van der Waals surface area contributed by atoms with Gasteiger partial charge in [0.05, 0.1) is 12.3 Å². The summed E-state index contributed by atoms with van der Waals surface area (Å²) >= 11 is 0. The normalized spacial score (nSPS) is 15.7. The molecule has 0 bridgehead atoms. The third kappa shape index (κ3) is 4.71. The highest BCUT2D eigenvalue weighted by atomic mass is 19.1. The van der Waals surface area contributed by atoms with Gasteiger partial charge in [0.25, 0.3) is 5.91 Å². The third-order valence-electron chi connectivity index (χ3n) is 5.55. The lowest BCUT2D eigenvalue weighted by molar-refractivity contribution is 0.0922. The molecule has 1 aliphatic heterocycles. The van der Waals surface area contributed by atoms with E-state index in [4.69, 9.17) is 4.42 Å². The van der Waals surface area contributed by atoms with Gasteiger partial charge in [0, 0.05) is 44.0 Å². The zero-order valence-electron chi connectivity index (χ0n) is 17.1. The SMILES string of the molecule is Cc1cccc(C(=O)NCC(c2ccco2)N2CCN(c3ccc(F)cc3)CC2)c1. The number of carbonyl (C=O) groups excluding carboxylic acids is 1. The maximum absolute atomic E-state index is 13.2. The maximum Gasteiger partial charge on any atom is 0.251 e. The number of nitrogens with zero attached hydrogens (tertiary/aromatic N) is 2. The van der Waals surface area contributed by atoms with Crippen LogP contribution >= 0.6 is 0 Å². The molecule has 1 unspecified atom stereocenters. The van der Waals surface area contributed by atoms with E-state index in [0.717, 1.165) is 43.2 Å². The second-order valence-corrected chi connectivity index (χ2v) is 7.61. The summed E-state index contributed by atoms with van der Waals surface area (Å²) in [7, 11) is 0. The van der Waals surface area contributed by atoms with Crippen LogP contribution in [-0.4, -0.2) is 43.5 Å². The number of piperazine rings is 1. The average Bonchev–Trinajstić information content (AvgIpc) is 3.29. The Morgan fingerprint density at radius 2 is 1.83 bits per heavy atom. The number of hydrogen-bond donors (Lipinski definition) is 1. The summed E-state index contributed by atoms with van der Waals surface area (Å²) in [5.74, 6) is 0.537. The van der Waals surface area contributed by atoms with Gasteiger partial charge in [-0.05, 0) is 55.5 Å². The molecule has 3 aromatic rings. The van der Waals surface area contributed by atoms with Crippen LogP contribution in [0.3, 0.4) is 0 Å². The van der Waals surface area contributed by atoms with Crippen LogP contribution in [0.4, 0.5) is 10.1 Å². The number of amides is 1. The van der Waals surface area contributed by atoms with Gasteiger partial charge in [-0.3, -0.25) is 9.69 Å². The summed E-state index contributed by atoms with van der Waals surface area (Å²) in [6, 6.07) is 18.0. The van der Waals surface area contributed by atoms with Crippen LogP contribution in [-0.2, 0) is 0 Å². The van der Waals surface area contributed by atoms with Crippen LogP contribution in [0.25, 0.3) is 0 Å². The van der Waals surface area contributed by atoms with Gasteiger partial charge in [-0.1, -0.05) is 17.7 Å². The van der Waals surface area contributed by atoms with Crippen LogP contribution in [0.1, 0.15) is 27.7 Å². The van der Waals surface area contributed by atoms with Crippen LogP contribution in [0.2, 0.25) is 0 Å². The lowest BCUT2D eigenvalue weighted by atomic mass is 10.1. The Kier molecular flexibility index (Phi) is 6.14. The van der Waals surface area contributed by atoms with E-state index in [-0.39, 0.29) is 17.8 Å². The predicted molar refractivity (Wildman–Crippen MR) is 115 cm³/mol. The van der Waals surface area contributed by atoms with E-state index in [2.05, 4.69) is 15.1 Å². The Balaban J connectivity index is 1.41. The van der Waals surface area contributed by atoms with Gasteiger partial charge in [-0.25, -0.2) is 4.39 Å². The number of benzene rings is 2. The Morgan fingerprint density at radius 1 is 1.07 bits per heavy atom. The summed E-state index contributed by atoms with van der Waals surface area (Å²) in [5, 5.41) is 3.07. The van der Waals surface area contributed by atoms with Crippen molar-refractivity contribution < 1.29 is 13.6 Å². The third-order valence-corrected chi connectivity index (χ3v) is 5.55. The molecule has 1 aromatic heterocycles. The molecule has 156 valence electrons. The van der Waals surface area contributed by atoms with E-state index >= 15 is 0 Å². The minimum Gasteiger partial charge on any atom is -0.468 e. The first-order valence-electron chi connectivity index (χ1n) is 10.2. The highest BCUT2D eigenvalue weighted by molar-refractivity contribution is 5.94. The molecule has 0 aliphatic carbocycles. The van der Waals surface area contributed by atoms with Crippen molar-refractivity contribution in [1.29, 1.82) is 0 Å². The highest BCUT2D eigenvalue weighted by Crippen LogP contribution is 2.24. The Hall–Kier alpha value is -3.12. The lowest BCUT2D eigenvalue weighted by Crippen LogP contribution is -2.49. The van der Waals surface area contributed by atoms with Gasteiger partial charge in [0.15, 0.2) is 0 Å². The van der Waals surface area contributed by atoms with Gasteiger partial charge in [-0.15, -0.1) is 0 Å². The molecule has 6 heteroatoms. The molecule has 1 amide bonds. The van der Waals surface area contributed by atoms with Crippen LogP contribution < -0.4 is 10.2 Å². The minimum atomic E-state index is -0.223. The fourth-order valence-corrected chi connectivity index (χ4v) is 3.91. The fraction of sp³-hybridized carbons (Fsp3) is 0.292. The zero-order chi connectivity index (χ0) is 20.9. The minimum absolute atomic E-state index is 0.0378. The Bertz CT molecular complexity index is 964. The summed E-state index contributed by atoms with van der Waals surface area (Å²) in [6.45, 7) is 5.75. The van der Waals surface area contributed by atoms with E-state index in [1.54, 1.807) is 6.26 Å². The average molecular weight is 407 g/mol.